The number of pyridine rings is 1. The van der Waals surface area contributed by atoms with Crippen molar-refractivity contribution in [3.63, 3.8) is 0 Å². The molecule has 4 rings (SSSR count). The van der Waals surface area contributed by atoms with Crippen LogP contribution in [0.15, 0.2) is 47.5 Å². The summed E-state index contributed by atoms with van der Waals surface area (Å²) in [6.07, 6.45) is 3.14. The van der Waals surface area contributed by atoms with Crippen LogP contribution in [-0.2, 0) is 7.05 Å². The number of carbonyl (C=O) groups is 1. The Labute approximate surface area is 171 Å². The third kappa shape index (κ3) is 2.83. The first-order valence-corrected chi connectivity index (χ1v) is 8.61. The van der Waals surface area contributed by atoms with E-state index in [0.717, 1.165) is 5.39 Å². The quantitative estimate of drug-likeness (QED) is 0.502. The number of carbonyl (C=O) groups excluding carboxylic acids is 1. The number of nitrogens with zero attached hydrogens (tertiary/aromatic N) is 5. The van der Waals surface area contributed by atoms with Crippen molar-refractivity contribution in [1.29, 1.82) is 0 Å². The fourth-order valence-corrected chi connectivity index (χ4v) is 3.57. The molecule has 7 nitrogen and oxygen atoms in total. The summed E-state index contributed by atoms with van der Waals surface area (Å²) in [7, 11) is 5.06. The molecule has 0 saturated carbocycles. The molecule has 0 radical (unpaired) electrons. The van der Waals surface area contributed by atoms with Gasteiger partial charge in [-0.2, -0.15) is 9.78 Å². The molecule has 3 aromatic heterocycles. The fourth-order valence-electron chi connectivity index (χ4n) is 3.27. The molecule has 1 aromatic carbocycles. The molecule has 1 amide bonds. The Morgan fingerprint density at radius 2 is 1.79 bits per heavy atom. The van der Waals surface area contributed by atoms with Gasteiger partial charge in [0.05, 0.1) is 16.2 Å². The van der Waals surface area contributed by atoms with Crippen molar-refractivity contribution in [3.8, 4) is 5.69 Å². The monoisotopic (exact) mass is 417 g/mol. The van der Waals surface area contributed by atoms with Gasteiger partial charge in [0.25, 0.3) is 11.5 Å². The average Bonchev–Trinajstić information content (AvgIpc) is 2.97. The van der Waals surface area contributed by atoms with Gasteiger partial charge in [-0.15, -0.1) is 12.4 Å². The second kappa shape index (κ2) is 7.26. The lowest BCUT2D eigenvalue weighted by molar-refractivity contribution is 0.0822. The van der Waals surface area contributed by atoms with E-state index in [4.69, 9.17) is 11.6 Å². The smallest absolute Gasteiger partial charge is 0.296 e. The van der Waals surface area contributed by atoms with E-state index in [2.05, 4.69) is 10.1 Å². The Balaban J connectivity index is 0.00000225. The van der Waals surface area contributed by atoms with Crippen LogP contribution in [0.5, 0.6) is 0 Å². The number of halogens is 2. The van der Waals surface area contributed by atoms with Gasteiger partial charge in [0.2, 0.25) is 0 Å². The molecule has 9 heteroatoms. The number of fused-ring (bicyclic) bond motifs is 3. The number of hydrogen-bond acceptors (Lipinski definition) is 4. The van der Waals surface area contributed by atoms with E-state index in [1.165, 1.54) is 9.58 Å². The third-order valence-corrected chi connectivity index (χ3v) is 4.82. The summed E-state index contributed by atoms with van der Waals surface area (Å²) in [5, 5.41) is 6.14. The van der Waals surface area contributed by atoms with Crippen molar-refractivity contribution in [2.45, 2.75) is 0 Å². The standard InChI is InChI=1S/C19H16ClN5O2.ClH/c1-23(2)18(26)15-14-12-5-4-6-13(20)16(12)24(3)17(14)19(27)25(22-15)11-7-9-21-10-8-11;/h4-10H,1-3H3;1H. The molecule has 144 valence electrons. The summed E-state index contributed by atoms with van der Waals surface area (Å²) in [4.78, 5) is 31.6. The molecular formula is C19H17Cl2N5O2. The molecule has 0 unspecified atom stereocenters. The number of amides is 1. The van der Waals surface area contributed by atoms with E-state index in [1.807, 2.05) is 6.07 Å². The van der Waals surface area contributed by atoms with Crippen molar-refractivity contribution in [1.82, 2.24) is 24.2 Å². The first-order valence-electron chi connectivity index (χ1n) is 8.23. The van der Waals surface area contributed by atoms with Gasteiger partial charge in [-0.1, -0.05) is 23.7 Å². The summed E-state index contributed by atoms with van der Waals surface area (Å²) in [5.74, 6) is -0.296. The molecule has 0 atom stereocenters. The third-order valence-electron chi connectivity index (χ3n) is 4.51. The van der Waals surface area contributed by atoms with Gasteiger partial charge >= 0.3 is 0 Å². The Morgan fingerprint density at radius 1 is 1.11 bits per heavy atom. The highest BCUT2D eigenvalue weighted by Crippen LogP contribution is 2.33. The van der Waals surface area contributed by atoms with Gasteiger partial charge < -0.3 is 9.47 Å². The maximum atomic E-state index is 13.3. The highest BCUT2D eigenvalue weighted by molar-refractivity contribution is 6.36. The van der Waals surface area contributed by atoms with Gasteiger partial charge in [-0.3, -0.25) is 14.6 Å². The van der Waals surface area contributed by atoms with Gasteiger partial charge in [-0.25, -0.2) is 0 Å². The molecule has 0 aliphatic heterocycles. The lowest BCUT2D eigenvalue weighted by Crippen LogP contribution is -2.29. The topological polar surface area (TPSA) is 73.0 Å². The van der Waals surface area contributed by atoms with Gasteiger partial charge in [0.15, 0.2) is 5.69 Å². The maximum absolute atomic E-state index is 13.3. The number of aromatic nitrogens is 4. The van der Waals surface area contributed by atoms with Crippen molar-refractivity contribution in [2.75, 3.05) is 14.1 Å². The van der Waals surface area contributed by atoms with E-state index in [9.17, 15) is 9.59 Å². The Bertz CT molecular complexity index is 1260. The Morgan fingerprint density at radius 3 is 2.43 bits per heavy atom. The minimum absolute atomic E-state index is 0. The number of hydrogen-bond donors (Lipinski definition) is 0. The summed E-state index contributed by atoms with van der Waals surface area (Å²) >= 11 is 6.38. The van der Waals surface area contributed by atoms with Crippen molar-refractivity contribution < 1.29 is 4.79 Å². The molecule has 0 aliphatic rings. The molecule has 0 saturated heterocycles. The lowest BCUT2D eigenvalue weighted by Gasteiger charge is -2.13. The average molecular weight is 418 g/mol. The zero-order valence-corrected chi connectivity index (χ0v) is 17.0. The van der Waals surface area contributed by atoms with Crippen molar-refractivity contribution in [3.05, 3.63) is 63.8 Å². The first kappa shape index (κ1) is 19.9. The highest BCUT2D eigenvalue weighted by atomic mass is 35.5. The predicted octanol–water partition coefficient (Wildman–Crippen LogP) is 3.05. The van der Waals surface area contributed by atoms with Crippen LogP contribution in [0.4, 0.5) is 0 Å². The van der Waals surface area contributed by atoms with Crippen molar-refractivity contribution >= 4 is 51.7 Å². The molecule has 0 bridgehead atoms. The Kier molecular flexibility index (Phi) is 5.14. The lowest BCUT2D eigenvalue weighted by atomic mass is 10.1. The fraction of sp³-hybridized carbons (Fsp3) is 0.158. The van der Waals surface area contributed by atoms with E-state index < -0.39 is 0 Å². The summed E-state index contributed by atoms with van der Waals surface area (Å²) in [6.45, 7) is 0. The van der Waals surface area contributed by atoms with Crippen LogP contribution in [0.2, 0.25) is 5.02 Å². The zero-order valence-electron chi connectivity index (χ0n) is 15.4. The van der Waals surface area contributed by atoms with Crippen LogP contribution < -0.4 is 5.56 Å². The number of aryl methyl sites for hydroxylation is 1. The molecule has 0 fully saturated rings. The van der Waals surface area contributed by atoms with Gasteiger partial charge in [-0.05, 0) is 18.2 Å². The van der Waals surface area contributed by atoms with E-state index >= 15 is 0 Å². The second-order valence-corrected chi connectivity index (χ2v) is 6.80. The minimum Gasteiger partial charge on any atom is -0.343 e. The van der Waals surface area contributed by atoms with Crippen LogP contribution in [0.1, 0.15) is 10.5 Å². The summed E-state index contributed by atoms with van der Waals surface area (Å²) in [5.41, 5.74) is 1.45. The highest BCUT2D eigenvalue weighted by Gasteiger charge is 2.25. The van der Waals surface area contributed by atoms with Crippen LogP contribution in [0.25, 0.3) is 27.5 Å². The molecule has 4 aromatic rings. The molecule has 28 heavy (non-hydrogen) atoms. The largest absolute Gasteiger partial charge is 0.343 e. The van der Waals surface area contributed by atoms with Crippen molar-refractivity contribution in [2.24, 2.45) is 7.05 Å². The summed E-state index contributed by atoms with van der Waals surface area (Å²) in [6, 6.07) is 8.72. The number of rotatable bonds is 2. The summed E-state index contributed by atoms with van der Waals surface area (Å²) < 4.78 is 2.95. The number of para-hydroxylation sites is 1. The van der Waals surface area contributed by atoms with Crippen LogP contribution >= 0.6 is 24.0 Å². The van der Waals surface area contributed by atoms with E-state index in [1.54, 1.807) is 62.4 Å². The van der Waals surface area contributed by atoms with E-state index in [0.29, 0.717) is 27.1 Å². The molecule has 0 N–H and O–H groups in total. The van der Waals surface area contributed by atoms with Gasteiger partial charge in [0.1, 0.15) is 5.52 Å². The maximum Gasteiger partial charge on any atom is 0.296 e. The van der Waals surface area contributed by atoms with Crippen LogP contribution in [0.3, 0.4) is 0 Å². The van der Waals surface area contributed by atoms with Crippen LogP contribution in [-0.4, -0.2) is 44.2 Å². The molecule has 0 spiro atoms. The van der Waals surface area contributed by atoms with E-state index in [-0.39, 0.29) is 29.6 Å². The predicted molar refractivity (Wildman–Crippen MR) is 112 cm³/mol. The Hall–Kier alpha value is -2.90. The normalized spacial score (nSPS) is 10.9. The van der Waals surface area contributed by atoms with Crippen LogP contribution in [0, 0.1) is 0 Å². The minimum atomic E-state index is -0.332. The first-order chi connectivity index (χ1) is 12.9. The molecule has 0 aliphatic carbocycles. The molecule has 3 heterocycles. The van der Waals surface area contributed by atoms with Gasteiger partial charge in [0, 0.05) is 44.3 Å². The SMILES string of the molecule is CN(C)C(=O)c1nn(-c2ccncc2)c(=O)c2c1c1cccc(Cl)c1n2C.Cl. The number of benzene rings is 1. The second-order valence-electron chi connectivity index (χ2n) is 6.39. The zero-order chi connectivity index (χ0) is 19.3. The molecular weight excluding hydrogens is 401 g/mol.